The van der Waals surface area contributed by atoms with Gasteiger partial charge in [0.25, 0.3) is 5.56 Å². The van der Waals surface area contributed by atoms with Crippen LogP contribution < -0.4 is 20.3 Å². The average Bonchev–Trinajstić information content (AvgIpc) is 3.32. The molecular formula is C21H25N3O4. The zero-order chi connectivity index (χ0) is 19.8. The lowest BCUT2D eigenvalue weighted by atomic mass is 9.94. The van der Waals surface area contributed by atoms with Gasteiger partial charge in [0.15, 0.2) is 11.5 Å². The van der Waals surface area contributed by atoms with Crippen LogP contribution in [0.5, 0.6) is 11.5 Å². The maximum Gasteiger partial charge on any atom is 0.262 e. The minimum atomic E-state index is -0.263. The van der Waals surface area contributed by atoms with Gasteiger partial charge in [-0.15, -0.1) is 0 Å². The van der Waals surface area contributed by atoms with E-state index in [2.05, 4.69) is 22.5 Å². The van der Waals surface area contributed by atoms with E-state index >= 15 is 0 Å². The van der Waals surface area contributed by atoms with Crippen molar-refractivity contribution in [2.75, 3.05) is 20.8 Å². The molecule has 1 heterocycles. The second kappa shape index (κ2) is 7.30. The van der Waals surface area contributed by atoms with Crippen LogP contribution in [0.3, 0.4) is 0 Å². The summed E-state index contributed by atoms with van der Waals surface area (Å²) in [7, 11) is 3.05. The first-order valence-electron chi connectivity index (χ1n) is 9.58. The fraction of sp³-hybridized carbons (Fsp3) is 0.476. The summed E-state index contributed by atoms with van der Waals surface area (Å²) in [5.74, 6) is 3.05. The Morgan fingerprint density at radius 3 is 2.61 bits per heavy atom. The highest BCUT2D eigenvalue weighted by atomic mass is 16.5. The van der Waals surface area contributed by atoms with Crippen LogP contribution in [0.4, 0.5) is 0 Å². The van der Waals surface area contributed by atoms with Crippen molar-refractivity contribution in [3.8, 4) is 11.5 Å². The number of rotatable bonds is 6. The molecule has 1 saturated carbocycles. The molecule has 148 valence electrons. The molecule has 1 aromatic carbocycles. The van der Waals surface area contributed by atoms with E-state index < -0.39 is 0 Å². The Morgan fingerprint density at radius 2 is 1.96 bits per heavy atom. The highest BCUT2D eigenvalue weighted by Gasteiger charge is 2.35. The monoisotopic (exact) mass is 383 g/mol. The maximum atomic E-state index is 13.0. The van der Waals surface area contributed by atoms with Crippen LogP contribution in [-0.4, -0.2) is 36.2 Å². The summed E-state index contributed by atoms with van der Waals surface area (Å²) in [5, 5.41) is 3.39. The topological polar surface area (TPSA) is 82.5 Å². The average molecular weight is 383 g/mol. The number of nitrogens with zero attached hydrogens (tertiary/aromatic N) is 2. The van der Waals surface area contributed by atoms with Gasteiger partial charge in [0.1, 0.15) is 12.4 Å². The molecular weight excluding hydrogens is 358 g/mol. The summed E-state index contributed by atoms with van der Waals surface area (Å²) < 4.78 is 12.0. The van der Waals surface area contributed by atoms with Gasteiger partial charge in [0, 0.05) is 12.6 Å². The van der Waals surface area contributed by atoms with E-state index in [0.717, 1.165) is 6.42 Å². The quantitative estimate of drug-likeness (QED) is 0.772. The molecule has 7 heteroatoms. The lowest BCUT2D eigenvalue weighted by Crippen LogP contribution is -2.37. The number of hydrogen-bond acceptors (Lipinski definition) is 5. The molecule has 28 heavy (non-hydrogen) atoms. The number of carbonyl (C=O) groups excluding carboxylic acids is 1. The van der Waals surface area contributed by atoms with Crippen molar-refractivity contribution in [1.29, 1.82) is 0 Å². The Morgan fingerprint density at radius 1 is 1.21 bits per heavy atom. The number of benzene rings is 1. The molecule has 1 amide bonds. The zero-order valence-electron chi connectivity index (χ0n) is 16.4. The second-order valence-electron chi connectivity index (χ2n) is 7.62. The first-order chi connectivity index (χ1) is 13.5. The van der Waals surface area contributed by atoms with Gasteiger partial charge in [-0.25, -0.2) is 4.98 Å². The van der Waals surface area contributed by atoms with Crippen molar-refractivity contribution >= 4 is 16.8 Å². The molecule has 0 spiro atoms. The molecule has 1 aromatic heterocycles. The molecule has 4 rings (SSSR count). The van der Waals surface area contributed by atoms with Crippen molar-refractivity contribution < 1.29 is 14.3 Å². The normalized spacial score (nSPS) is 22.6. The standard InChI is InChI=1S/C21H25N3O4/c1-12-23-17-9-19(28-3)18(27-2)8-16(17)21(26)24(12)11-20(25)22-10-15-7-13-4-5-14(15)6-13/h4-5,8-9,13-15H,6-7,10-11H2,1-3H3,(H,22,25)/t13-,14-,15-/m0/s1. The van der Waals surface area contributed by atoms with Gasteiger partial charge >= 0.3 is 0 Å². The van der Waals surface area contributed by atoms with Crippen molar-refractivity contribution in [2.24, 2.45) is 17.8 Å². The molecule has 7 nitrogen and oxygen atoms in total. The molecule has 2 aliphatic carbocycles. The SMILES string of the molecule is COc1cc2nc(C)n(CC(=O)NC[C@@H]3C[C@H]4C=C[C@H]3C4)c(=O)c2cc1OC. The van der Waals surface area contributed by atoms with Crippen LogP contribution in [0, 0.1) is 24.7 Å². The summed E-state index contributed by atoms with van der Waals surface area (Å²) in [6.07, 6.45) is 6.91. The molecule has 2 bridgehead atoms. The van der Waals surface area contributed by atoms with Crippen LogP contribution in [0.2, 0.25) is 0 Å². The Bertz CT molecular complexity index is 1010. The summed E-state index contributed by atoms with van der Waals surface area (Å²) >= 11 is 0. The number of aryl methyl sites for hydroxylation is 1. The summed E-state index contributed by atoms with van der Waals surface area (Å²) in [6.45, 7) is 2.34. The van der Waals surface area contributed by atoms with Gasteiger partial charge in [-0.05, 0) is 43.6 Å². The fourth-order valence-corrected chi connectivity index (χ4v) is 4.42. The van der Waals surface area contributed by atoms with Gasteiger partial charge < -0.3 is 14.8 Å². The van der Waals surface area contributed by atoms with Crippen LogP contribution in [0.25, 0.3) is 10.9 Å². The summed E-state index contributed by atoms with van der Waals surface area (Å²) in [6, 6.07) is 3.29. The number of amides is 1. The Balaban J connectivity index is 1.53. The number of nitrogens with one attached hydrogen (secondary N) is 1. The molecule has 2 aliphatic rings. The predicted octanol–water partition coefficient (Wildman–Crippen LogP) is 2.05. The van der Waals surface area contributed by atoms with E-state index in [9.17, 15) is 9.59 Å². The third kappa shape index (κ3) is 3.25. The summed E-state index contributed by atoms with van der Waals surface area (Å²) in [4.78, 5) is 29.9. The highest BCUT2D eigenvalue weighted by molar-refractivity contribution is 5.82. The lowest BCUT2D eigenvalue weighted by Gasteiger charge is -2.19. The van der Waals surface area contributed by atoms with Gasteiger partial charge in [0.05, 0.1) is 25.1 Å². The van der Waals surface area contributed by atoms with Gasteiger partial charge in [0.2, 0.25) is 5.91 Å². The molecule has 1 fully saturated rings. The van der Waals surface area contributed by atoms with E-state index in [4.69, 9.17) is 9.47 Å². The lowest BCUT2D eigenvalue weighted by molar-refractivity contribution is -0.122. The number of methoxy groups -OCH3 is 2. The van der Waals surface area contributed by atoms with E-state index in [0.29, 0.717) is 52.5 Å². The van der Waals surface area contributed by atoms with Crippen LogP contribution in [-0.2, 0) is 11.3 Å². The number of carbonyl (C=O) groups is 1. The maximum absolute atomic E-state index is 13.0. The highest BCUT2D eigenvalue weighted by Crippen LogP contribution is 2.42. The van der Waals surface area contributed by atoms with Gasteiger partial charge in [-0.2, -0.15) is 0 Å². The molecule has 2 aromatic rings. The Labute approximate surface area is 163 Å². The molecule has 0 aliphatic heterocycles. The Kier molecular flexibility index (Phi) is 4.83. The molecule has 0 radical (unpaired) electrons. The minimum absolute atomic E-state index is 0.0430. The third-order valence-electron chi connectivity index (χ3n) is 5.93. The van der Waals surface area contributed by atoms with Crippen molar-refractivity contribution in [2.45, 2.75) is 26.3 Å². The summed E-state index contributed by atoms with van der Waals surface area (Å²) in [5.41, 5.74) is 0.257. The Hall–Kier alpha value is -2.83. The largest absolute Gasteiger partial charge is 0.493 e. The molecule has 3 atom stereocenters. The third-order valence-corrected chi connectivity index (χ3v) is 5.93. The number of aromatic nitrogens is 2. The first kappa shape index (κ1) is 18.5. The number of fused-ring (bicyclic) bond motifs is 3. The molecule has 0 unspecified atom stereocenters. The number of allylic oxidation sites excluding steroid dienone is 2. The van der Waals surface area contributed by atoms with E-state index in [1.54, 1.807) is 19.1 Å². The van der Waals surface area contributed by atoms with Crippen molar-refractivity contribution in [3.63, 3.8) is 0 Å². The van der Waals surface area contributed by atoms with E-state index in [-0.39, 0.29) is 18.0 Å². The minimum Gasteiger partial charge on any atom is -0.493 e. The van der Waals surface area contributed by atoms with Gasteiger partial charge in [-0.1, -0.05) is 12.2 Å². The van der Waals surface area contributed by atoms with Crippen LogP contribution in [0.15, 0.2) is 29.1 Å². The number of hydrogen-bond donors (Lipinski definition) is 1. The second-order valence-corrected chi connectivity index (χ2v) is 7.62. The zero-order valence-corrected chi connectivity index (χ0v) is 16.4. The fourth-order valence-electron chi connectivity index (χ4n) is 4.42. The predicted molar refractivity (Wildman–Crippen MR) is 106 cm³/mol. The van der Waals surface area contributed by atoms with E-state index in [1.165, 1.54) is 25.2 Å². The number of ether oxygens (including phenoxy) is 2. The first-order valence-corrected chi connectivity index (χ1v) is 9.58. The van der Waals surface area contributed by atoms with E-state index in [1.807, 2.05) is 0 Å². The van der Waals surface area contributed by atoms with Crippen molar-refractivity contribution in [1.82, 2.24) is 14.9 Å². The van der Waals surface area contributed by atoms with Crippen LogP contribution >= 0.6 is 0 Å². The molecule has 1 N–H and O–H groups in total. The van der Waals surface area contributed by atoms with Crippen molar-refractivity contribution in [3.05, 3.63) is 40.5 Å². The smallest absolute Gasteiger partial charge is 0.262 e. The van der Waals surface area contributed by atoms with Gasteiger partial charge in [-0.3, -0.25) is 14.2 Å². The molecule has 0 saturated heterocycles. The van der Waals surface area contributed by atoms with Crippen LogP contribution in [0.1, 0.15) is 18.7 Å².